The molecule has 7 heteroatoms. The third-order valence-electron chi connectivity index (χ3n) is 5.26. The topological polar surface area (TPSA) is 76.4 Å². The highest BCUT2D eigenvalue weighted by Crippen LogP contribution is 2.31. The summed E-state index contributed by atoms with van der Waals surface area (Å²) < 4.78 is 28.3. The fourth-order valence-corrected chi connectivity index (χ4v) is 5.41. The van der Waals surface area contributed by atoms with E-state index in [9.17, 15) is 13.2 Å². The van der Waals surface area contributed by atoms with Crippen LogP contribution < -0.4 is 0 Å². The Bertz CT molecular complexity index is 1410. The molecule has 158 valence electrons. The molecule has 1 aromatic heterocycles. The second-order valence-electron chi connectivity index (χ2n) is 7.35. The van der Waals surface area contributed by atoms with E-state index in [2.05, 4.69) is 0 Å². The van der Waals surface area contributed by atoms with Crippen LogP contribution in [0, 0.1) is 6.92 Å². The second kappa shape index (κ2) is 8.21. The lowest BCUT2D eigenvalue weighted by Crippen LogP contribution is -2.12. The van der Waals surface area contributed by atoms with Crippen molar-refractivity contribution < 1.29 is 18.3 Å². The van der Waals surface area contributed by atoms with Crippen molar-refractivity contribution in [2.45, 2.75) is 24.7 Å². The van der Waals surface area contributed by atoms with Gasteiger partial charge in [0.2, 0.25) is 0 Å². The number of aromatic nitrogens is 1. The van der Waals surface area contributed by atoms with Gasteiger partial charge in [-0.15, -0.1) is 0 Å². The van der Waals surface area contributed by atoms with E-state index < -0.39 is 16.0 Å². The van der Waals surface area contributed by atoms with E-state index in [1.54, 1.807) is 36.4 Å². The van der Waals surface area contributed by atoms with E-state index in [-0.39, 0.29) is 17.7 Å². The van der Waals surface area contributed by atoms with Gasteiger partial charge in [0.1, 0.15) is 0 Å². The largest absolute Gasteiger partial charge is 0.481 e. The Morgan fingerprint density at radius 3 is 2.55 bits per heavy atom. The summed E-state index contributed by atoms with van der Waals surface area (Å²) in [4.78, 5) is 11.2. The van der Waals surface area contributed by atoms with Gasteiger partial charge in [-0.1, -0.05) is 48.0 Å². The van der Waals surface area contributed by atoms with Crippen LogP contribution >= 0.6 is 11.6 Å². The number of hydrogen-bond donors (Lipinski definition) is 1. The number of fused-ring (bicyclic) bond motifs is 1. The lowest BCUT2D eigenvalue weighted by atomic mass is 10.0. The number of carboxylic acid groups (broad SMARTS) is 1. The molecule has 0 saturated heterocycles. The van der Waals surface area contributed by atoms with E-state index in [0.717, 1.165) is 22.1 Å². The molecule has 4 rings (SSSR count). The molecule has 5 nitrogen and oxygen atoms in total. The smallest absolute Gasteiger partial charge is 0.303 e. The fraction of sp³-hybridized carbons (Fsp3) is 0.125. The molecule has 0 aliphatic rings. The molecule has 0 amide bonds. The first-order valence-electron chi connectivity index (χ1n) is 9.70. The summed E-state index contributed by atoms with van der Waals surface area (Å²) in [6.07, 6.45) is 1.71. The van der Waals surface area contributed by atoms with Crippen LogP contribution in [0.3, 0.4) is 0 Å². The maximum absolute atomic E-state index is 13.5. The van der Waals surface area contributed by atoms with Gasteiger partial charge in [0.25, 0.3) is 10.0 Å². The number of rotatable bonds is 6. The number of aliphatic carboxylic acids is 1. The van der Waals surface area contributed by atoms with Crippen LogP contribution in [-0.2, 0) is 21.2 Å². The number of benzene rings is 3. The third kappa shape index (κ3) is 4.09. The summed E-state index contributed by atoms with van der Waals surface area (Å²) in [6, 6.07) is 19.4. The van der Waals surface area contributed by atoms with E-state index in [4.69, 9.17) is 16.7 Å². The zero-order valence-corrected chi connectivity index (χ0v) is 18.3. The molecular weight excluding hydrogens is 434 g/mol. The summed E-state index contributed by atoms with van der Waals surface area (Å²) in [7, 11) is -3.89. The summed E-state index contributed by atoms with van der Waals surface area (Å²) in [5, 5.41) is 10.4. The highest BCUT2D eigenvalue weighted by atomic mass is 35.5. The SMILES string of the molecule is Cc1cc(Cl)ccc1-c1cccc(S(=O)(=O)n2cc(CCC(=O)O)c3ccccc32)c1. The first-order valence-corrected chi connectivity index (χ1v) is 11.5. The maximum Gasteiger partial charge on any atom is 0.303 e. The monoisotopic (exact) mass is 453 g/mol. The van der Waals surface area contributed by atoms with Gasteiger partial charge in [-0.25, -0.2) is 12.4 Å². The Hall–Kier alpha value is -3.09. The van der Waals surface area contributed by atoms with E-state index in [0.29, 0.717) is 16.1 Å². The zero-order chi connectivity index (χ0) is 22.2. The Morgan fingerprint density at radius 1 is 1.03 bits per heavy atom. The van der Waals surface area contributed by atoms with Crippen molar-refractivity contribution in [2.75, 3.05) is 0 Å². The molecule has 0 spiro atoms. The van der Waals surface area contributed by atoms with Crippen LogP contribution in [0.25, 0.3) is 22.0 Å². The lowest BCUT2D eigenvalue weighted by Gasteiger charge is -2.11. The van der Waals surface area contributed by atoms with Crippen LogP contribution in [0.5, 0.6) is 0 Å². The number of nitrogens with zero attached hydrogens (tertiary/aromatic N) is 1. The minimum atomic E-state index is -3.89. The number of carbonyl (C=O) groups is 1. The minimum Gasteiger partial charge on any atom is -0.481 e. The Morgan fingerprint density at radius 2 is 1.81 bits per heavy atom. The van der Waals surface area contributed by atoms with Crippen molar-refractivity contribution in [1.82, 2.24) is 3.97 Å². The number of para-hydroxylation sites is 1. The number of carboxylic acids is 1. The quantitative estimate of drug-likeness (QED) is 0.416. The molecule has 1 N–H and O–H groups in total. The van der Waals surface area contributed by atoms with Crippen LogP contribution in [0.4, 0.5) is 0 Å². The molecule has 3 aromatic carbocycles. The molecule has 0 atom stereocenters. The Labute approximate surface area is 185 Å². The molecule has 0 radical (unpaired) electrons. The van der Waals surface area contributed by atoms with Crippen molar-refractivity contribution in [3.8, 4) is 11.1 Å². The van der Waals surface area contributed by atoms with Crippen LogP contribution in [-0.4, -0.2) is 23.5 Å². The molecule has 0 unspecified atom stereocenters. The highest BCUT2D eigenvalue weighted by molar-refractivity contribution is 7.90. The number of hydrogen-bond acceptors (Lipinski definition) is 3. The number of halogens is 1. The van der Waals surface area contributed by atoms with Gasteiger partial charge < -0.3 is 5.11 Å². The Balaban J connectivity index is 1.83. The molecule has 0 aliphatic heterocycles. The van der Waals surface area contributed by atoms with Gasteiger partial charge in [0, 0.05) is 23.0 Å². The van der Waals surface area contributed by atoms with Gasteiger partial charge in [0.05, 0.1) is 10.4 Å². The van der Waals surface area contributed by atoms with Crippen LogP contribution in [0.1, 0.15) is 17.5 Å². The van der Waals surface area contributed by atoms with Gasteiger partial charge in [-0.05, 0) is 65.9 Å². The fourth-order valence-electron chi connectivity index (χ4n) is 3.75. The van der Waals surface area contributed by atoms with Crippen molar-refractivity contribution >= 4 is 38.5 Å². The summed E-state index contributed by atoms with van der Waals surface area (Å²) in [6.45, 7) is 1.93. The summed E-state index contributed by atoms with van der Waals surface area (Å²) >= 11 is 6.06. The van der Waals surface area contributed by atoms with Crippen LogP contribution in [0.15, 0.2) is 77.8 Å². The van der Waals surface area contributed by atoms with Crippen molar-refractivity contribution in [1.29, 1.82) is 0 Å². The molecule has 4 aromatic rings. The summed E-state index contributed by atoms with van der Waals surface area (Å²) in [5.74, 6) is -0.925. The standard InChI is InChI=1S/C24H20ClNO4S/c1-16-13-19(25)10-11-21(16)17-5-4-6-20(14-17)31(29,30)26-15-18(9-12-24(27)28)22-7-2-3-8-23(22)26/h2-8,10-11,13-15H,9,12H2,1H3,(H,27,28). The van der Waals surface area contributed by atoms with E-state index in [1.807, 2.05) is 37.3 Å². The molecule has 31 heavy (non-hydrogen) atoms. The number of aryl methyl sites for hydroxylation is 2. The van der Waals surface area contributed by atoms with E-state index in [1.165, 1.54) is 10.2 Å². The molecule has 0 saturated carbocycles. The predicted molar refractivity (Wildman–Crippen MR) is 122 cm³/mol. The normalized spacial score (nSPS) is 11.7. The van der Waals surface area contributed by atoms with E-state index >= 15 is 0 Å². The van der Waals surface area contributed by atoms with Gasteiger partial charge in [-0.2, -0.15) is 0 Å². The predicted octanol–water partition coefficient (Wildman–Crippen LogP) is 5.52. The van der Waals surface area contributed by atoms with Gasteiger partial charge in [-0.3, -0.25) is 4.79 Å². The molecular formula is C24H20ClNO4S. The first kappa shape index (κ1) is 21.2. The van der Waals surface area contributed by atoms with Gasteiger partial charge >= 0.3 is 5.97 Å². The first-order chi connectivity index (χ1) is 14.8. The average Bonchev–Trinajstić information content (AvgIpc) is 3.12. The highest BCUT2D eigenvalue weighted by Gasteiger charge is 2.22. The van der Waals surface area contributed by atoms with Crippen molar-refractivity contribution in [3.05, 3.63) is 89.1 Å². The molecule has 0 aliphatic carbocycles. The summed E-state index contributed by atoms with van der Waals surface area (Å²) in [5.41, 5.74) is 3.84. The third-order valence-corrected chi connectivity index (χ3v) is 7.16. The average molecular weight is 454 g/mol. The zero-order valence-electron chi connectivity index (χ0n) is 16.7. The minimum absolute atomic E-state index is 0.0701. The van der Waals surface area contributed by atoms with Crippen molar-refractivity contribution in [3.63, 3.8) is 0 Å². The molecule has 0 bridgehead atoms. The van der Waals surface area contributed by atoms with Crippen molar-refractivity contribution in [2.24, 2.45) is 0 Å². The lowest BCUT2D eigenvalue weighted by molar-refractivity contribution is -0.136. The molecule has 1 heterocycles. The maximum atomic E-state index is 13.5. The van der Waals surface area contributed by atoms with Crippen LogP contribution in [0.2, 0.25) is 5.02 Å². The van der Waals surface area contributed by atoms with Gasteiger partial charge in [0.15, 0.2) is 0 Å². The molecule has 0 fully saturated rings. The second-order valence-corrected chi connectivity index (χ2v) is 9.60. The Kier molecular flexibility index (Phi) is 5.60.